The number of aliphatic hydroxyl groups is 1. The zero-order chi connectivity index (χ0) is 24.2. The maximum atomic E-state index is 12.7. The monoisotopic (exact) mass is 478 g/mol. The SMILES string of the molecule is CN(c1cc2cc(c1)OCC(CO)COc1cccc(c1)CC(C)(N)C(=O)OC2)S(C)(=O)=O. The first-order valence-electron chi connectivity index (χ1n) is 10.5. The lowest BCUT2D eigenvalue weighted by Gasteiger charge is -2.24. The fraction of sp³-hybridized carbons (Fsp3) is 0.435. The summed E-state index contributed by atoms with van der Waals surface area (Å²) in [6.45, 7) is 1.67. The van der Waals surface area contributed by atoms with Gasteiger partial charge in [-0.1, -0.05) is 12.1 Å². The van der Waals surface area contributed by atoms with Crippen LogP contribution in [0.2, 0.25) is 0 Å². The Morgan fingerprint density at radius 1 is 1.09 bits per heavy atom. The van der Waals surface area contributed by atoms with Gasteiger partial charge < -0.3 is 25.1 Å². The Morgan fingerprint density at radius 3 is 2.42 bits per heavy atom. The summed E-state index contributed by atoms with van der Waals surface area (Å²) in [5.41, 5.74) is 6.67. The molecule has 2 aromatic carbocycles. The van der Waals surface area contributed by atoms with E-state index in [1.165, 1.54) is 7.05 Å². The number of cyclic esters (lactones) is 1. The number of fused-ring (bicyclic) bond motifs is 4. The Morgan fingerprint density at radius 2 is 1.76 bits per heavy atom. The summed E-state index contributed by atoms with van der Waals surface area (Å²) in [6.07, 6.45) is 1.32. The van der Waals surface area contributed by atoms with E-state index in [9.17, 15) is 18.3 Å². The number of anilines is 1. The van der Waals surface area contributed by atoms with E-state index in [1.54, 1.807) is 37.3 Å². The van der Waals surface area contributed by atoms with E-state index in [2.05, 4.69) is 0 Å². The summed E-state index contributed by atoms with van der Waals surface area (Å²) in [5.74, 6) is 0.0443. The molecule has 10 heteroatoms. The van der Waals surface area contributed by atoms with Crippen LogP contribution in [0.4, 0.5) is 5.69 Å². The van der Waals surface area contributed by atoms with Crippen LogP contribution >= 0.6 is 0 Å². The topological polar surface area (TPSA) is 128 Å². The van der Waals surface area contributed by atoms with Gasteiger partial charge in [0.1, 0.15) is 23.6 Å². The van der Waals surface area contributed by atoms with Crippen LogP contribution in [-0.4, -0.2) is 58.2 Å². The van der Waals surface area contributed by atoms with Crippen LogP contribution in [0.1, 0.15) is 18.1 Å². The third-order valence-electron chi connectivity index (χ3n) is 5.35. The molecule has 0 fully saturated rings. The number of aliphatic hydroxyl groups excluding tert-OH is 1. The highest BCUT2D eigenvalue weighted by atomic mass is 32.2. The van der Waals surface area contributed by atoms with Crippen molar-refractivity contribution in [3.8, 4) is 11.5 Å². The lowest BCUT2D eigenvalue weighted by molar-refractivity contribution is -0.150. The molecule has 2 aromatic rings. The van der Waals surface area contributed by atoms with Crippen molar-refractivity contribution < 1.29 is 32.5 Å². The first kappa shape index (κ1) is 24.8. The second kappa shape index (κ2) is 9.98. The van der Waals surface area contributed by atoms with Gasteiger partial charge in [-0.25, -0.2) is 8.42 Å². The van der Waals surface area contributed by atoms with Crippen molar-refractivity contribution in [3.05, 3.63) is 53.6 Å². The van der Waals surface area contributed by atoms with E-state index in [4.69, 9.17) is 19.9 Å². The van der Waals surface area contributed by atoms with Crippen LogP contribution in [0.15, 0.2) is 42.5 Å². The molecular formula is C23H30N2O7S. The first-order chi connectivity index (χ1) is 15.5. The third-order valence-corrected chi connectivity index (χ3v) is 6.55. The van der Waals surface area contributed by atoms with Gasteiger partial charge in [0.15, 0.2) is 0 Å². The van der Waals surface area contributed by atoms with Gasteiger partial charge in [0.25, 0.3) is 0 Å². The molecule has 180 valence electrons. The van der Waals surface area contributed by atoms with Crippen LogP contribution in [0, 0.1) is 5.92 Å². The number of hydrogen-bond donors (Lipinski definition) is 2. The van der Waals surface area contributed by atoms with E-state index < -0.39 is 21.5 Å². The summed E-state index contributed by atoms with van der Waals surface area (Å²) in [6, 6.07) is 12.1. The molecule has 2 unspecified atom stereocenters. The zero-order valence-corrected chi connectivity index (χ0v) is 19.8. The number of carbonyl (C=O) groups is 1. The largest absolute Gasteiger partial charge is 0.493 e. The fourth-order valence-electron chi connectivity index (χ4n) is 3.32. The van der Waals surface area contributed by atoms with Gasteiger partial charge in [-0.3, -0.25) is 9.10 Å². The standard InChI is InChI=1S/C23H30N2O7S/c1-23(24)11-16-5-4-6-20(8-16)30-14-18(12-26)15-31-21-9-17(13-32-22(23)27)7-19(10-21)25(2)33(3,28)29/h4-10,18,26H,11-15,24H2,1-3H3. The summed E-state index contributed by atoms with van der Waals surface area (Å²) in [5, 5.41) is 9.76. The molecule has 4 bridgehead atoms. The molecule has 2 atom stereocenters. The van der Waals surface area contributed by atoms with E-state index in [1.807, 2.05) is 12.1 Å². The Kier molecular flexibility index (Phi) is 7.51. The number of benzene rings is 2. The molecule has 0 spiro atoms. The van der Waals surface area contributed by atoms with Crippen molar-refractivity contribution in [2.24, 2.45) is 11.7 Å². The van der Waals surface area contributed by atoms with Crippen molar-refractivity contribution >= 4 is 21.7 Å². The average molecular weight is 479 g/mol. The third kappa shape index (κ3) is 6.59. The molecule has 0 radical (unpaired) electrons. The Hall–Kier alpha value is -2.82. The maximum absolute atomic E-state index is 12.7. The minimum atomic E-state index is -3.53. The molecule has 0 aliphatic carbocycles. The Labute approximate surface area is 194 Å². The van der Waals surface area contributed by atoms with Gasteiger partial charge in [0.2, 0.25) is 10.0 Å². The minimum absolute atomic E-state index is 0.111. The van der Waals surface area contributed by atoms with Crippen molar-refractivity contribution in [1.82, 2.24) is 0 Å². The average Bonchev–Trinajstić information content (AvgIpc) is 2.75. The van der Waals surface area contributed by atoms with Crippen LogP contribution in [0.25, 0.3) is 0 Å². The van der Waals surface area contributed by atoms with Crippen molar-refractivity contribution in [3.63, 3.8) is 0 Å². The molecule has 0 saturated carbocycles. The van der Waals surface area contributed by atoms with Crippen molar-refractivity contribution in [2.45, 2.75) is 25.5 Å². The van der Waals surface area contributed by atoms with E-state index in [0.29, 0.717) is 22.7 Å². The molecule has 1 aliphatic heterocycles. The maximum Gasteiger partial charge on any atom is 0.326 e. The number of ether oxygens (including phenoxy) is 3. The summed E-state index contributed by atoms with van der Waals surface area (Å²) < 4.78 is 42.3. The highest BCUT2D eigenvalue weighted by Crippen LogP contribution is 2.27. The number of rotatable bonds is 3. The smallest absolute Gasteiger partial charge is 0.326 e. The van der Waals surface area contributed by atoms with E-state index in [0.717, 1.165) is 16.1 Å². The summed E-state index contributed by atoms with van der Waals surface area (Å²) in [4.78, 5) is 12.7. The van der Waals surface area contributed by atoms with E-state index >= 15 is 0 Å². The molecule has 1 heterocycles. The lowest BCUT2D eigenvalue weighted by atomic mass is 9.94. The number of hydrogen-bond acceptors (Lipinski definition) is 8. The van der Waals surface area contributed by atoms with Crippen LogP contribution in [-0.2, 0) is 32.6 Å². The number of sulfonamides is 1. The molecule has 3 N–H and O–H groups in total. The second-order valence-corrected chi connectivity index (χ2v) is 10.6. The molecular weight excluding hydrogens is 448 g/mol. The highest BCUT2D eigenvalue weighted by Gasteiger charge is 2.31. The van der Waals surface area contributed by atoms with Crippen LogP contribution in [0.5, 0.6) is 11.5 Å². The number of nitrogens with zero attached hydrogens (tertiary/aromatic N) is 1. The fourth-order valence-corrected chi connectivity index (χ4v) is 3.81. The number of carbonyl (C=O) groups excluding carboxylic acids is 1. The molecule has 33 heavy (non-hydrogen) atoms. The van der Waals surface area contributed by atoms with Gasteiger partial charge in [0.05, 0.1) is 37.7 Å². The summed E-state index contributed by atoms with van der Waals surface area (Å²) >= 11 is 0. The van der Waals surface area contributed by atoms with Crippen molar-refractivity contribution in [1.29, 1.82) is 0 Å². The zero-order valence-electron chi connectivity index (χ0n) is 19.0. The molecule has 9 nitrogen and oxygen atoms in total. The predicted octanol–water partition coefficient (Wildman–Crippen LogP) is 1.47. The molecule has 0 aromatic heterocycles. The Bertz CT molecular complexity index is 1100. The first-order valence-corrected chi connectivity index (χ1v) is 12.3. The highest BCUT2D eigenvalue weighted by molar-refractivity contribution is 7.92. The quantitative estimate of drug-likeness (QED) is 0.635. The van der Waals surface area contributed by atoms with E-state index in [-0.39, 0.29) is 38.8 Å². The normalized spacial score (nSPS) is 22.0. The van der Waals surface area contributed by atoms with Gasteiger partial charge in [-0.2, -0.15) is 0 Å². The Balaban J connectivity index is 1.96. The minimum Gasteiger partial charge on any atom is -0.493 e. The number of esters is 1. The van der Waals surface area contributed by atoms with Gasteiger partial charge in [-0.15, -0.1) is 0 Å². The van der Waals surface area contributed by atoms with Gasteiger partial charge in [-0.05, 0) is 42.3 Å². The van der Waals surface area contributed by atoms with Crippen LogP contribution in [0.3, 0.4) is 0 Å². The molecule has 0 amide bonds. The summed E-state index contributed by atoms with van der Waals surface area (Å²) in [7, 11) is -2.10. The van der Waals surface area contributed by atoms with Crippen molar-refractivity contribution in [2.75, 3.05) is 37.4 Å². The molecule has 3 rings (SSSR count). The van der Waals surface area contributed by atoms with Gasteiger partial charge in [0, 0.05) is 19.5 Å². The second-order valence-electron chi connectivity index (χ2n) is 8.55. The number of nitrogens with two attached hydrogens (primary N) is 1. The van der Waals surface area contributed by atoms with Crippen LogP contribution < -0.4 is 19.5 Å². The lowest BCUT2D eigenvalue weighted by Crippen LogP contribution is -2.48. The predicted molar refractivity (Wildman–Crippen MR) is 124 cm³/mol. The molecule has 0 saturated heterocycles. The van der Waals surface area contributed by atoms with Gasteiger partial charge >= 0.3 is 5.97 Å². The molecule has 1 aliphatic rings.